The van der Waals surface area contributed by atoms with Crippen molar-refractivity contribution in [1.29, 1.82) is 0 Å². The molecular formula is C20H25N3O5. The fourth-order valence-electron chi connectivity index (χ4n) is 2.85. The monoisotopic (exact) mass is 387 g/mol. The first-order valence-corrected chi connectivity index (χ1v) is 8.83. The van der Waals surface area contributed by atoms with Gasteiger partial charge in [0.05, 0.1) is 25.7 Å². The van der Waals surface area contributed by atoms with E-state index in [2.05, 4.69) is 5.32 Å². The Morgan fingerprint density at radius 1 is 1.14 bits per heavy atom. The molecule has 0 saturated carbocycles. The van der Waals surface area contributed by atoms with E-state index < -0.39 is 4.92 Å². The Balaban J connectivity index is 1.82. The summed E-state index contributed by atoms with van der Waals surface area (Å²) in [7, 11) is 4.92. The quantitative estimate of drug-likeness (QED) is 0.497. The van der Waals surface area contributed by atoms with Gasteiger partial charge in [-0.2, -0.15) is 0 Å². The van der Waals surface area contributed by atoms with Gasteiger partial charge in [-0.1, -0.05) is 24.3 Å². The molecule has 150 valence electrons. The lowest BCUT2D eigenvalue weighted by molar-refractivity contribution is -0.385. The zero-order valence-electron chi connectivity index (χ0n) is 16.3. The van der Waals surface area contributed by atoms with Crippen molar-refractivity contribution in [2.24, 2.45) is 0 Å². The lowest BCUT2D eigenvalue weighted by Gasteiger charge is -2.16. The SMILES string of the molecule is COc1ccc(CCNC(=O)CN(C)Cc2ccccc2[N+](=O)[O-])cc1OC. The molecule has 0 aliphatic heterocycles. The number of amides is 1. The number of rotatable bonds is 10. The third-order valence-electron chi connectivity index (χ3n) is 4.23. The first kappa shape index (κ1) is 21.2. The third-order valence-corrected chi connectivity index (χ3v) is 4.23. The van der Waals surface area contributed by atoms with Gasteiger partial charge < -0.3 is 14.8 Å². The van der Waals surface area contributed by atoms with Crippen LogP contribution in [0.25, 0.3) is 0 Å². The Morgan fingerprint density at radius 3 is 2.54 bits per heavy atom. The van der Waals surface area contributed by atoms with Crippen LogP contribution in [0.5, 0.6) is 11.5 Å². The molecule has 0 aliphatic rings. The average molecular weight is 387 g/mol. The summed E-state index contributed by atoms with van der Waals surface area (Å²) in [6.07, 6.45) is 0.653. The number of ether oxygens (including phenoxy) is 2. The molecule has 0 radical (unpaired) electrons. The molecule has 1 N–H and O–H groups in total. The Morgan fingerprint density at radius 2 is 1.86 bits per heavy atom. The van der Waals surface area contributed by atoms with Gasteiger partial charge in [-0.05, 0) is 31.2 Å². The van der Waals surface area contributed by atoms with Gasteiger partial charge in [-0.15, -0.1) is 0 Å². The van der Waals surface area contributed by atoms with Crippen LogP contribution in [0.3, 0.4) is 0 Å². The molecule has 0 fully saturated rings. The molecule has 8 nitrogen and oxygen atoms in total. The second kappa shape index (κ2) is 10.3. The topological polar surface area (TPSA) is 93.9 Å². The van der Waals surface area contributed by atoms with Crippen LogP contribution in [-0.4, -0.2) is 50.1 Å². The van der Waals surface area contributed by atoms with E-state index in [-0.39, 0.29) is 18.1 Å². The van der Waals surface area contributed by atoms with Gasteiger partial charge in [0, 0.05) is 24.7 Å². The fourth-order valence-corrected chi connectivity index (χ4v) is 2.85. The number of hydrogen-bond donors (Lipinski definition) is 1. The highest BCUT2D eigenvalue weighted by atomic mass is 16.6. The summed E-state index contributed by atoms with van der Waals surface area (Å²) in [6, 6.07) is 12.2. The normalized spacial score (nSPS) is 10.6. The number of para-hydroxylation sites is 1. The Bertz CT molecular complexity index is 825. The first-order valence-electron chi connectivity index (χ1n) is 8.83. The molecule has 0 atom stereocenters. The molecule has 2 rings (SSSR count). The van der Waals surface area contributed by atoms with E-state index in [1.165, 1.54) is 6.07 Å². The molecule has 0 spiro atoms. The van der Waals surface area contributed by atoms with Crippen LogP contribution in [-0.2, 0) is 17.8 Å². The van der Waals surface area contributed by atoms with Crippen molar-refractivity contribution in [2.45, 2.75) is 13.0 Å². The lowest BCUT2D eigenvalue weighted by atomic mass is 10.1. The Labute approximate surface area is 164 Å². The maximum Gasteiger partial charge on any atom is 0.273 e. The van der Waals surface area contributed by atoms with Gasteiger partial charge in [0.1, 0.15) is 0 Å². The van der Waals surface area contributed by atoms with Crippen molar-refractivity contribution in [3.8, 4) is 11.5 Å². The number of carbonyl (C=O) groups is 1. The second-order valence-corrected chi connectivity index (χ2v) is 6.35. The fraction of sp³-hybridized carbons (Fsp3) is 0.350. The molecule has 2 aromatic carbocycles. The maximum absolute atomic E-state index is 12.1. The summed E-state index contributed by atoms with van der Waals surface area (Å²) >= 11 is 0. The average Bonchev–Trinajstić information content (AvgIpc) is 2.67. The summed E-state index contributed by atoms with van der Waals surface area (Å²) in [5.41, 5.74) is 1.66. The predicted molar refractivity (Wildman–Crippen MR) is 106 cm³/mol. The lowest BCUT2D eigenvalue weighted by Crippen LogP contribution is -2.35. The minimum atomic E-state index is -0.410. The molecule has 28 heavy (non-hydrogen) atoms. The van der Waals surface area contributed by atoms with Gasteiger partial charge in [0.2, 0.25) is 5.91 Å². The van der Waals surface area contributed by atoms with Crippen molar-refractivity contribution in [3.63, 3.8) is 0 Å². The number of carbonyl (C=O) groups excluding carboxylic acids is 1. The van der Waals surface area contributed by atoms with Crippen molar-refractivity contribution in [1.82, 2.24) is 10.2 Å². The Kier molecular flexibility index (Phi) is 7.76. The van der Waals surface area contributed by atoms with E-state index in [9.17, 15) is 14.9 Å². The van der Waals surface area contributed by atoms with Crippen molar-refractivity contribution >= 4 is 11.6 Å². The largest absolute Gasteiger partial charge is 0.493 e. The highest BCUT2D eigenvalue weighted by Gasteiger charge is 2.15. The summed E-state index contributed by atoms with van der Waals surface area (Å²) in [6.45, 7) is 0.950. The third kappa shape index (κ3) is 5.95. The van der Waals surface area contributed by atoms with Gasteiger partial charge in [-0.25, -0.2) is 0 Å². The minimum absolute atomic E-state index is 0.0585. The van der Waals surface area contributed by atoms with Gasteiger partial charge in [0.25, 0.3) is 5.69 Å². The van der Waals surface area contributed by atoms with E-state index in [0.29, 0.717) is 36.6 Å². The van der Waals surface area contributed by atoms with Crippen LogP contribution < -0.4 is 14.8 Å². The standard InChI is InChI=1S/C20H25N3O5/c1-22(13-16-6-4-5-7-17(16)23(25)26)14-20(24)21-11-10-15-8-9-18(27-2)19(12-15)28-3/h4-9,12H,10-11,13-14H2,1-3H3,(H,21,24). The zero-order valence-corrected chi connectivity index (χ0v) is 16.3. The smallest absolute Gasteiger partial charge is 0.273 e. The molecule has 0 unspecified atom stereocenters. The number of nitrogens with zero attached hydrogens (tertiary/aromatic N) is 2. The number of nitro benzene ring substituents is 1. The summed E-state index contributed by atoms with van der Waals surface area (Å²) in [5, 5.41) is 13.9. The number of benzene rings is 2. The maximum atomic E-state index is 12.1. The first-order chi connectivity index (χ1) is 13.4. The van der Waals surface area contributed by atoms with E-state index in [4.69, 9.17) is 9.47 Å². The molecular weight excluding hydrogens is 362 g/mol. The van der Waals surface area contributed by atoms with E-state index in [1.54, 1.807) is 44.4 Å². The molecule has 1 amide bonds. The van der Waals surface area contributed by atoms with Crippen molar-refractivity contribution in [3.05, 3.63) is 63.7 Å². The van der Waals surface area contributed by atoms with Crippen LogP contribution >= 0.6 is 0 Å². The number of likely N-dealkylation sites (N-methyl/N-ethyl adjacent to an activating group) is 1. The molecule has 2 aromatic rings. The van der Waals surface area contributed by atoms with Crippen molar-refractivity contribution < 1.29 is 19.2 Å². The molecule has 0 aromatic heterocycles. The molecule has 0 heterocycles. The second-order valence-electron chi connectivity index (χ2n) is 6.35. The number of nitro groups is 1. The van der Waals surface area contributed by atoms with Crippen LogP contribution in [0.4, 0.5) is 5.69 Å². The van der Waals surface area contributed by atoms with Gasteiger partial charge >= 0.3 is 0 Å². The van der Waals surface area contributed by atoms with Crippen LogP contribution in [0, 0.1) is 10.1 Å². The van der Waals surface area contributed by atoms with Gasteiger partial charge in [0.15, 0.2) is 11.5 Å². The zero-order chi connectivity index (χ0) is 20.5. The van der Waals surface area contributed by atoms with Gasteiger partial charge in [-0.3, -0.25) is 19.8 Å². The minimum Gasteiger partial charge on any atom is -0.493 e. The van der Waals surface area contributed by atoms with Crippen LogP contribution in [0.15, 0.2) is 42.5 Å². The van der Waals surface area contributed by atoms with Crippen molar-refractivity contribution in [2.75, 3.05) is 34.4 Å². The predicted octanol–water partition coefficient (Wildman–Crippen LogP) is 2.40. The number of nitrogens with one attached hydrogen (secondary N) is 1. The van der Waals surface area contributed by atoms with E-state index in [0.717, 1.165) is 5.56 Å². The number of methoxy groups -OCH3 is 2. The molecule has 0 saturated heterocycles. The highest BCUT2D eigenvalue weighted by molar-refractivity contribution is 5.78. The van der Waals surface area contributed by atoms with Crippen LogP contribution in [0.2, 0.25) is 0 Å². The molecule has 8 heteroatoms. The van der Waals surface area contributed by atoms with E-state index in [1.807, 2.05) is 18.2 Å². The molecule has 0 bridgehead atoms. The number of hydrogen-bond acceptors (Lipinski definition) is 6. The molecule has 0 aliphatic carbocycles. The summed E-state index contributed by atoms with van der Waals surface area (Å²) in [4.78, 5) is 24.6. The Hall–Kier alpha value is -3.13. The van der Waals surface area contributed by atoms with E-state index >= 15 is 0 Å². The van der Waals surface area contributed by atoms with Crippen LogP contribution in [0.1, 0.15) is 11.1 Å². The highest BCUT2D eigenvalue weighted by Crippen LogP contribution is 2.27. The summed E-state index contributed by atoms with van der Waals surface area (Å²) in [5.74, 6) is 1.17. The summed E-state index contributed by atoms with van der Waals surface area (Å²) < 4.78 is 10.5.